The van der Waals surface area contributed by atoms with Crippen LogP contribution in [-0.2, 0) is 23.9 Å². The molecule has 1 amide bonds. The van der Waals surface area contributed by atoms with Crippen LogP contribution in [-0.4, -0.2) is 36.6 Å². The molecule has 0 unspecified atom stereocenters. The van der Waals surface area contributed by atoms with Gasteiger partial charge in [-0.3, -0.25) is 4.79 Å². The molecule has 20 heavy (non-hydrogen) atoms. The second-order valence-electron chi connectivity index (χ2n) is 5.33. The number of rotatable bonds is 6. The van der Waals surface area contributed by atoms with E-state index >= 15 is 0 Å². The van der Waals surface area contributed by atoms with Crippen molar-refractivity contribution in [3.63, 3.8) is 0 Å². The van der Waals surface area contributed by atoms with Crippen LogP contribution in [0.5, 0.6) is 0 Å². The molecular weight excluding hydrogens is 262 g/mol. The third-order valence-electron chi connectivity index (χ3n) is 3.33. The Morgan fingerprint density at radius 3 is 2.15 bits per heavy atom. The molecule has 1 saturated heterocycles. The summed E-state index contributed by atoms with van der Waals surface area (Å²) in [6.07, 6.45) is 0.701. The van der Waals surface area contributed by atoms with E-state index in [9.17, 15) is 14.4 Å². The lowest BCUT2D eigenvalue weighted by molar-refractivity contribution is -0.168. The van der Waals surface area contributed by atoms with Gasteiger partial charge in [-0.05, 0) is 26.2 Å². The maximum Gasteiger partial charge on any atom is 0.344 e. The van der Waals surface area contributed by atoms with Gasteiger partial charge in [0.25, 0.3) is 0 Å². The Labute approximate surface area is 119 Å². The summed E-state index contributed by atoms with van der Waals surface area (Å²) in [5.74, 6) is -1.97. The number of nitrogens with one attached hydrogen (secondary N) is 1. The molecule has 0 aliphatic carbocycles. The van der Waals surface area contributed by atoms with Gasteiger partial charge in [0.2, 0.25) is 11.4 Å². The summed E-state index contributed by atoms with van der Waals surface area (Å²) >= 11 is 0. The molecule has 1 rings (SSSR count). The van der Waals surface area contributed by atoms with Crippen LogP contribution >= 0.6 is 0 Å². The smallest absolute Gasteiger partial charge is 0.344 e. The minimum Gasteiger partial charge on any atom is -0.464 e. The summed E-state index contributed by atoms with van der Waals surface area (Å²) in [7, 11) is 0. The minimum atomic E-state index is -1.69. The van der Waals surface area contributed by atoms with Gasteiger partial charge in [0.15, 0.2) is 0 Å². The van der Waals surface area contributed by atoms with Crippen LogP contribution in [0.2, 0.25) is 0 Å². The molecule has 114 valence electrons. The number of hydrogen-bond donors (Lipinski definition) is 1. The quantitative estimate of drug-likeness (QED) is 0.582. The first-order valence-corrected chi connectivity index (χ1v) is 7.03. The van der Waals surface area contributed by atoms with E-state index in [1.54, 1.807) is 13.8 Å². The van der Waals surface area contributed by atoms with E-state index in [4.69, 9.17) is 9.47 Å². The molecule has 0 aromatic heterocycles. The SMILES string of the molecule is CCOC(=O)C1(C(=O)OCC)NC(=O)C[C@@H]1CC(C)C. The van der Waals surface area contributed by atoms with Crippen molar-refractivity contribution in [2.75, 3.05) is 13.2 Å². The predicted molar refractivity (Wildman–Crippen MR) is 71.7 cm³/mol. The number of carbonyl (C=O) groups is 3. The molecule has 1 heterocycles. The Kier molecular flexibility index (Phi) is 5.53. The highest BCUT2D eigenvalue weighted by atomic mass is 16.6. The van der Waals surface area contributed by atoms with Crippen molar-refractivity contribution in [2.24, 2.45) is 11.8 Å². The number of ether oxygens (including phenoxy) is 2. The van der Waals surface area contributed by atoms with E-state index in [0.717, 1.165) is 0 Å². The first-order valence-electron chi connectivity index (χ1n) is 7.03. The Bertz CT molecular complexity index is 373. The van der Waals surface area contributed by atoms with Crippen LogP contribution in [0.4, 0.5) is 0 Å². The zero-order chi connectivity index (χ0) is 15.3. The summed E-state index contributed by atoms with van der Waals surface area (Å²) < 4.78 is 10.0. The Hall–Kier alpha value is -1.59. The average molecular weight is 285 g/mol. The third-order valence-corrected chi connectivity index (χ3v) is 3.33. The topological polar surface area (TPSA) is 81.7 Å². The van der Waals surface area contributed by atoms with Gasteiger partial charge in [-0.1, -0.05) is 13.8 Å². The molecular formula is C14H23NO5. The fraction of sp³-hybridized carbons (Fsp3) is 0.786. The molecule has 6 heteroatoms. The summed E-state index contributed by atoms with van der Waals surface area (Å²) in [6.45, 7) is 7.55. The third kappa shape index (κ3) is 3.11. The van der Waals surface area contributed by atoms with Crippen molar-refractivity contribution in [3.8, 4) is 0 Å². The van der Waals surface area contributed by atoms with Crippen molar-refractivity contribution in [1.82, 2.24) is 5.32 Å². The van der Waals surface area contributed by atoms with Crippen LogP contribution in [0.1, 0.15) is 40.5 Å². The summed E-state index contributed by atoms with van der Waals surface area (Å²) in [4.78, 5) is 36.3. The van der Waals surface area contributed by atoms with Crippen LogP contribution in [0, 0.1) is 11.8 Å². The average Bonchev–Trinajstić information content (AvgIpc) is 2.66. The summed E-state index contributed by atoms with van der Waals surface area (Å²) in [5.41, 5.74) is -1.69. The van der Waals surface area contributed by atoms with E-state index in [0.29, 0.717) is 6.42 Å². The van der Waals surface area contributed by atoms with Gasteiger partial charge in [-0.25, -0.2) is 9.59 Å². The first kappa shape index (κ1) is 16.5. The van der Waals surface area contributed by atoms with Crippen molar-refractivity contribution in [3.05, 3.63) is 0 Å². The zero-order valence-corrected chi connectivity index (χ0v) is 12.5. The molecule has 1 aliphatic heterocycles. The number of amides is 1. The predicted octanol–water partition coefficient (Wildman–Crippen LogP) is 1.03. The lowest BCUT2D eigenvalue weighted by atomic mass is 9.80. The highest BCUT2D eigenvalue weighted by molar-refractivity contribution is 6.10. The number of carbonyl (C=O) groups excluding carboxylic acids is 3. The van der Waals surface area contributed by atoms with E-state index < -0.39 is 23.4 Å². The van der Waals surface area contributed by atoms with E-state index in [1.165, 1.54) is 0 Å². The molecule has 0 radical (unpaired) electrons. The van der Waals surface area contributed by atoms with Crippen LogP contribution in [0.25, 0.3) is 0 Å². The molecule has 0 aromatic carbocycles. The number of esters is 2. The zero-order valence-electron chi connectivity index (χ0n) is 12.5. The largest absolute Gasteiger partial charge is 0.464 e. The standard InChI is InChI=1S/C14H23NO5/c1-5-19-12(17)14(13(18)20-6-2)10(7-9(3)4)8-11(16)15-14/h9-10H,5-8H2,1-4H3,(H,15,16)/t10-/m0/s1. The fourth-order valence-corrected chi connectivity index (χ4v) is 2.59. The minimum absolute atomic E-state index is 0.135. The maximum atomic E-state index is 12.3. The Morgan fingerprint density at radius 2 is 1.75 bits per heavy atom. The van der Waals surface area contributed by atoms with Crippen molar-refractivity contribution < 1.29 is 23.9 Å². The Morgan fingerprint density at radius 1 is 1.25 bits per heavy atom. The molecule has 1 aliphatic rings. The van der Waals surface area contributed by atoms with Crippen LogP contribution in [0.15, 0.2) is 0 Å². The number of hydrogen-bond acceptors (Lipinski definition) is 5. The molecule has 0 spiro atoms. The fourth-order valence-electron chi connectivity index (χ4n) is 2.59. The molecule has 0 aromatic rings. The summed E-state index contributed by atoms with van der Waals surface area (Å²) in [6, 6.07) is 0. The van der Waals surface area contributed by atoms with Gasteiger partial charge in [0.05, 0.1) is 13.2 Å². The van der Waals surface area contributed by atoms with Crippen molar-refractivity contribution in [1.29, 1.82) is 0 Å². The van der Waals surface area contributed by atoms with Crippen LogP contribution < -0.4 is 5.32 Å². The van der Waals surface area contributed by atoms with E-state index in [-0.39, 0.29) is 31.5 Å². The second kappa shape index (κ2) is 6.72. The van der Waals surface area contributed by atoms with Gasteiger partial charge in [-0.2, -0.15) is 0 Å². The van der Waals surface area contributed by atoms with E-state index in [2.05, 4.69) is 5.32 Å². The van der Waals surface area contributed by atoms with Gasteiger partial charge < -0.3 is 14.8 Å². The molecule has 0 saturated carbocycles. The Balaban J connectivity index is 3.15. The first-order chi connectivity index (χ1) is 9.38. The van der Waals surface area contributed by atoms with Gasteiger partial charge in [0, 0.05) is 12.3 Å². The second-order valence-corrected chi connectivity index (χ2v) is 5.33. The van der Waals surface area contributed by atoms with Crippen molar-refractivity contribution >= 4 is 17.8 Å². The van der Waals surface area contributed by atoms with Gasteiger partial charge >= 0.3 is 11.9 Å². The summed E-state index contributed by atoms with van der Waals surface area (Å²) in [5, 5.41) is 2.50. The highest BCUT2D eigenvalue weighted by Gasteiger charge is 2.60. The molecule has 1 fully saturated rings. The molecule has 1 atom stereocenters. The lowest BCUT2D eigenvalue weighted by Gasteiger charge is -2.30. The van der Waals surface area contributed by atoms with Gasteiger partial charge in [-0.15, -0.1) is 0 Å². The lowest BCUT2D eigenvalue weighted by Crippen LogP contribution is -2.60. The van der Waals surface area contributed by atoms with Crippen molar-refractivity contribution in [2.45, 2.75) is 46.1 Å². The molecule has 6 nitrogen and oxygen atoms in total. The normalized spacial score (nSPS) is 20.6. The van der Waals surface area contributed by atoms with E-state index in [1.807, 2.05) is 13.8 Å². The van der Waals surface area contributed by atoms with Crippen LogP contribution in [0.3, 0.4) is 0 Å². The monoisotopic (exact) mass is 285 g/mol. The molecule has 1 N–H and O–H groups in total. The molecule has 0 bridgehead atoms. The van der Waals surface area contributed by atoms with Gasteiger partial charge in [0.1, 0.15) is 0 Å². The highest BCUT2D eigenvalue weighted by Crippen LogP contribution is 2.35. The maximum absolute atomic E-state index is 12.3.